The average Bonchev–Trinajstić information content (AvgIpc) is 3.04. The van der Waals surface area contributed by atoms with Crippen LogP contribution in [0.3, 0.4) is 0 Å². The van der Waals surface area contributed by atoms with E-state index in [2.05, 4.69) is 150 Å². The van der Waals surface area contributed by atoms with Crippen LogP contribution in [0, 0.1) is 41.5 Å². The molecule has 0 N–H and O–H groups in total. The van der Waals surface area contributed by atoms with Crippen molar-refractivity contribution in [3.8, 4) is 0 Å². The second-order valence-electron chi connectivity index (χ2n) is 12.4. The first-order valence-corrected chi connectivity index (χ1v) is 16.0. The summed E-state index contributed by atoms with van der Waals surface area (Å²) in [6.07, 6.45) is 0. The number of para-hydroxylation sites is 2. The van der Waals surface area contributed by atoms with E-state index in [1.807, 2.05) is 30.3 Å². The van der Waals surface area contributed by atoms with Crippen molar-refractivity contribution < 1.29 is 0 Å². The lowest BCUT2D eigenvalue weighted by Gasteiger charge is -2.25. The Morgan fingerprint density at radius 1 is 0.413 bits per heavy atom. The van der Waals surface area contributed by atoms with Gasteiger partial charge in [-0.15, -0.1) is 0 Å². The molecular formula is C42H40BN3. The third kappa shape index (κ3) is 6.57. The number of anilines is 3. The zero-order valence-corrected chi connectivity index (χ0v) is 27.6. The molecule has 0 aliphatic carbocycles. The van der Waals surface area contributed by atoms with Gasteiger partial charge < -0.3 is 4.90 Å². The van der Waals surface area contributed by atoms with E-state index >= 15 is 0 Å². The molecule has 226 valence electrons. The fourth-order valence-electron chi connectivity index (χ4n) is 6.95. The lowest BCUT2D eigenvalue weighted by atomic mass is 9.34. The van der Waals surface area contributed by atoms with E-state index in [0.29, 0.717) is 0 Å². The molecule has 0 aliphatic heterocycles. The summed E-state index contributed by atoms with van der Waals surface area (Å²) >= 11 is 0. The van der Waals surface area contributed by atoms with Crippen LogP contribution in [0.15, 0.2) is 144 Å². The van der Waals surface area contributed by atoms with Gasteiger partial charge in [0.05, 0.1) is 11.4 Å². The molecule has 6 aromatic carbocycles. The fourth-order valence-corrected chi connectivity index (χ4v) is 6.95. The Balaban J connectivity index is 1.40. The highest BCUT2D eigenvalue weighted by atomic mass is 15.1. The van der Waals surface area contributed by atoms with E-state index in [1.54, 1.807) is 0 Å². The molecule has 0 spiro atoms. The van der Waals surface area contributed by atoms with E-state index in [-0.39, 0.29) is 6.71 Å². The maximum Gasteiger partial charge on any atom is 0.242 e. The van der Waals surface area contributed by atoms with Gasteiger partial charge in [-0.2, -0.15) is 10.2 Å². The van der Waals surface area contributed by atoms with Gasteiger partial charge in [0.25, 0.3) is 0 Å². The average molecular weight is 598 g/mol. The summed E-state index contributed by atoms with van der Waals surface area (Å²) in [6.45, 7) is 13.4. The highest BCUT2D eigenvalue weighted by Crippen LogP contribution is 2.36. The highest BCUT2D eigenvalue weighted by molar-refractivity contribution is 6.96. The normalized spacial score (nSPS) is 11.2. The van der Waals surface area contributed by atoms with Crippen LogP contribution in [0.5, 0.6) is 0 Å². The Morgan fingerprint density at radius 2 is 0.826 bits per heavy atom. The molecule has 46 heavy (non-hydrogen) atoms. The zero-order valence-electron chi connectivity index (χ0n) is 27.6. The van der Waals surface area contributed by atoms with Crippen LogP contribution >= 0.6 is 0 Å². The van der Waals surface area contributed by atoms with Crippen molar-refractivity contribution in [3.05, 3.63) is 167 Å². The zero-order chi connectivity index (χ0) is 32.2. The summed E-state index contributed by atoms with van der Waals surface area (Å²) in [7, 11) is 0. The van der Waals surface area contributed by atoms with E-state index in [1.165, 1.54) is 49.8 Å². The number of azo groups is 1. The Labute approximate surface area is 274 Å². The van der Waals surface area contributed by atoms with Gasteiger partial charge in [0.1, 0.15) is 0 Å². The van der Waals surface area contributed by atoms with Gasteiger partial charge in [0.15, 0.2) is 0 Å². The molecule has 0 saturated heterocycles. The first kappa shape index (κ1) is 30.8. The predicted octanol–water partition coefficient (Wildman–Crippen LogP) is 9.94. The molecule has 0 heterocycles. The molecule has 0 fully saturated rings. The number of rotatable bonds is 8. The number of nitrogens with zero attached hydrogens (tertiary/aromatic N) is 3. The van der Waals surface area contributed by atoms with Crippen molar-refractivity contribution in [2.75, 3.05) is 4.90 Å². The van der Waals surface area contributed by atoms with Gasteiger partial charge in [0.2, 0.25) is 6.71 Å². The molecule has 0 amide bonds. The molecule has 0 aromatic heterocycles. The van der Waals surface area contributed by atoms with Gasteiger partial charge in [-0.3, -0.25) is 0 Å². The van der Waals surface area contributed by atoms with E-state index in [9.17, 15) is 0 Å². The second kappa shape index (κ2) is 13.4. The van der Waals surface area contributed by atoms with Gasteiger partial charge in [-0.05, 0) is 96.1 Å². The van der Waals surface area contributed by atoms with Crippen LogP contribution < -0.4 is 21.3 Å². The molecular weight excluding hydrogens is 557 g/mol. The van der Waals surface area contributed by atoms with Crippen molar-refractivity contribution in [2.45, 2.75) is 41.5 Å². The van der Waals surface area contributed by atoms with E-state index in [4.69, 9.17) is 10.2 Å². The van der Waals surface area contributed by atoms with E-state index in [0.717, 1.165) is 28.4 Å². The Hall–Kier alpha value is -5.22. The first-order valence-electron chi connectivity index (χ1n) is 16.0. The van der Waals surface area contributed by atoms with Crippen molar-refractivity contribution in [2.24, 2.45) is 10.2 Å². The summed E-state index contributed by atoms with van der Waals surface area (Å²) in [5.41, 5.74) is 16.6. The van der Waals surface area contributed by atoms with Crippen LogP contribution in [0.4, 0.5) is 28.4 Å². The Morgan fingerprint density at radius 3 is 1.30 bits per heavy atom. The molecule has 0 saturated carbocycles. The Bertz CT molecular complexity index is 1870. The van der Waals surface area contributed by atoms with Crippen molar-refractivity contribution >= 4 is 51.5 Å². The molecule has 0 atom stereocenters. The lowest BCUT2D eigenvalue weighted by molar-refractivity contribution is 1.22. The third-order valence-electron chi connectivity index (χ3n) is 8.65. The maximum atomic E-state index is 4.78. The molecule has 3 nitrogen and oxygen atoms in total. The summed E-state index contributed by atoms with van der Waals surface area (Å²) in [4.78, 5) is 2.24. The minimum atomic E-state index is 0.0879. The lowest BCUT2D eigenvalue weighted by Crippen LogP contribution is -2.55. The minimum absolute atomic E-state index is 0.0879. The summed E-state index contributed by atoms with van der Waals surface area (Å²) in [5, 5.41) is 9.52. The standard InChI is InChI=1S/C42H40BN3/c1-29-23-31(3)41(32(4)24-29)43(42-33(5)25-30(2)26-34(42)6)35-15-13-16-36(27-35)44-45-37-17-14-22-40(28-37)46(38-18-9-7-10-19-38)39-20-11-8-12-21-39/h7-28H,1-6H3. The molecule has 6 rings (SSSR count). The van der Waals surface area contributed by atoms with Crippen LogP contribution in [0.25, 0.3) is 0 Å². The second-order valence-corrected chi connectivity index (χ2v) is 12.4. The highest BCUT2D eigenvalue weighted by Gasteiger charge is 2.28. The maximum absolute atomic E-state index is 4.78. The number of hydrogen-bond acceptors (Lipinski definition) is 3. The Kier molecular flexibility index (Phi) is 8.98. The van der Waals surface area contributed by atoms with Crippen molar-refractivity contribution in [1.82, 2.24) is 0 Å². The molecule has 4 heteroatoms. The monoisotopic (exact) mass is 597 g/mol. The fraction of sp³-hybridized carbons (Fsp3) is 0.143. The van der Waals surface area contributed by atoms with Crippen LogP contribution in [-0.2, 0) is 0 Å². The van der Waals surface area contributed by atoms with Crippen molar-refractivity contribution in [1.29, 1.82) is 0 Å². The largest absolute Gasteiger partial charge is 0.310 e. The molecule has 0 bridgehead atoms. The molecule has 0 unspecified atom stereocenters. The third-order valence-corrected chi connectivity index (χ3v) is 8.65. The summed E-state index contributed by atoms with van der Waals surface area (Å²) < 4.78 is 0. The number of benzene rings is 6. The number of hydrogen-bond donors (Lipinski definition) is 0. The smallest absolute Gasteiger partial charge is 0.242 e. The quantitative estimate of drug-likeness (QED) is 0.127. The van der Waals surface area contributed by atoms with Crippen molar-refractivity contribution in [3.63, 3.8) is 0 Å². The molecule has 0 aliphatic rings. The topological polar surface area (TPSA) is 28.0 Å². The van der Waals surface area contributed by atoms with Gasteiger partial charge in [-0.1, -0.05) is 129 Å². The first-order chi connectivity index (χ1) is 22.3. The van der Waals surface area contributed by atoms with Gasteiger partial charge in [-0.25, -0.2) is 0 Å². The van der Waals surface area contributed by atoms with Gasteiger partial charge in [0, 0.05) is 17.1 Å². The SMILES string of the molecule is Cc1cc(C)c(B(c2cccc(N=Nc3cccc(N(c4ccccc4)c4ccccc4)c3)c2)c2c(C)cc(C)cc2C)c(C)c1. The van der Waals surface area contributed by atoms with E-state index < -0.39 is 0 Å². The molecule has 0 radical (unpaired) electrons. The summed E-state index contributed by atoms with van der Waals surface area (Å²) in [5.74, 6) is 0. The minimum Gasteiger partial charge on any atom is -0.310 e. The number of aryl methyl sites for hydroxylation is 6. The van der Waals surface area contributed by atoms with Crippen LogP contribution in [0.2, 0.25) is 0 Å². The summed E-state index contributed by atoms with van der Waals surface area (Å²) in [6, 6.07) is 46.9. The van der Waals surface area contributed by atoms with Crippen LogP contribution in [-0.4, -0.2) is 6.71 Å². The molecule has 6 aromatic rings. The van der Waals surface area contributed by atoms with Gasteiger partial charge >= 0.3 is 0 Å². The van der Waals surface area contributed by atoms with Crippen LogP contribution in [0.1, 0.15) is 33.4 Å². The predicted molar refractivity (Wildman–Crippen MR) is 198 cm³/mol.